The van der Waals surface area contributed by atoms with Gasteiger partial charge in [-0.3, -0.25) is 9.69 Å². The molecule has 4 aromatic rings. The van der Waals surface area contributed by atoms with Crippen LogP contribution in [0.4, 0.5) is 5.13 Å². The minimum atomic E-state index is -0.136. The number of halogens is 1. The number of anilines is 1. The van der Waals surface area contributed by atoms with Crippen molar-refractivity contribution >= 4 is 50.3 Å². The number of nitrogens with zero attached hydrogens (tertiary/aromatic N) is 4. The Morgan fingerprint density at radius 2 is 2.10 bits per heavy atom. The molecule has 6 nitrogen and oxygen atoms in total. The lowest BCUT2D eigenvalue weighted by atomic mass is 10.2. The Morgan fingerprint density at radius 1 is 1.26 bits per heavy atom. The van der Waals surface area contributed by atoms with Crippen LogP contribution < -0.4 is 9.64 Å². The summed E-state index contributed by atoms with van der Waals surface area (Å²) in [4.78, 5) is 23.6. The van der Waals surface area contributed by atoms with Gasteiger partial charge in [-0.15, -0.1) is 0 Å². The minimum absolute atomic E-state index is 0.136. The van der Waals surface area contributed by atoms with Gasteiger partial charge in [0.15, 0.2) is 5.13 Å². The normalized spacial score (nSPS) is 11.3. The van der Waals surface area contributed by atoms with E-state index in [4.69, 9.17) is 21.3 Å². The standard InChI is InChI=1S/C23H21ClN4O2S/c1-30-19-10-9-18(24)22-21(19)26-23(31-22)28(14-5-13-27-15-12-25-16-27)20(29)11-8-17-6-3-2-4-7-17/h2-4,6-12,15-16H,5,13-14H2,1H3/b11-8+. The second-order valence-electron chi connectivity index (χ2n) is 6.81. The number of carbonyl (C=O) groups is 1. The number of ether oxygens (including phenoxy) is 1. The number of fused-ring (bicyclic) bond motifs is 1. The largest absolute Gasteiger partial charge is 0.494 e. The molecule has 0 bridgehead atoms. The number of methoxy groups -OCH3 is 1. The smallest absolute Gasteiger partial charge is 0.252 e. The molecule has 1 amide bonds. The van der Waals surface area contributed by atoms with Gasteiger partial charge in [-0.1, -0.05) is 53.3 Å². The van der Waals surface area contributed by atoms with Crippen molar-refractivity contribution < 1.29 is 9.53 Å². The van der Waals surface area contributed by atoms with Crippen molar-refractivity contribution in [2.75, 3.05) is 18.6 Å². The van der Waals surface area contributed by atoms with Crippen molar-refractivity contribution in [1.82, 2.24) is 14.5 Å². The van der Waals surface area contributed by atoms with Crippen LogP contribution >= 0.6 is 22.9 Å². The van der Waals surface area contributed by atoms with E-state index in [0.29, 0.717) is 28.0 Å². The molecule has 0 radical (unpaired) electrons. The molecule has 2 aromatic heterocycles. The lowest BCUT2D eigenvalue weighted by Crippen LogP contribution is -2.30. The van der Waals surface area contributed by atoms with Crippen LogP contribution in [0.2, 0.25) is 5.02 Å². The molecular weight excluding hydrogens is 432 g/mol. The molecule has 2 aromatic carbocycles. The lowest BCUT2D eigenvalue weighted by Gasteiger charge is -2.18. The first kappa shape index (κ1) is 21.1. The quantitative estimate of drug-likeness (QED) is 0.341. The van der Waals surface area contributed by atoms with Crippen LogP contribution in [0.1, 0.15) is 12.0 Å². The number of imidazole rings is 1. The number of hydrogen-bond acceptors (Lipinski definition) is 5. The van der Waals surface area contributed by atoms with Crippen molar-refractivity contribution in [3.63, 3.8) is 0 Å². The van der Waals surface area contributed by atoms with E-state index in [0.717, 1.165) is 23.2 Å². The molecule has 0 saturated heterocycles. The van der Waals surface area contributed by atoms with Gasteiger partial charge in [-0.05, 0) is 30.2 Å². The van der Waals surface area contributed by atoms with Crippen molar-refractivity contribution in [3.8, 4) is 5.75 Å². The maximum atomic E-state index is 13.1. The summed E-state index contributed by atoms with van der Waals surface area (Å²) in [5, 5.41) is 1.18. The molecule has 158 valence electrons. The lowest BCUT2D eigenvalue weighted by molar-refractivity contribution is -0.114. The Balaban J connectivity index is 1.62. The molecule has 0 aliphatic carbocycles. The second-order valence-corrected chi connectivity index (χ2v) is 8.20. The summed E-state index contributed by atoms with van der Waals surface area (Å²) in [7, 11) is 1.60. The average Bonchev–Trinajstić information content (AvgIpc) is 3.47. The number of rotatable bonds is 8. The number of aryl methyl sites for hydroxylation is 1. The number of hydrogen-bond donors (Lipinski definition) is 0. The molecule has 0 fully saturated rings. The van der Waals surface area contributed by atoms with Gasteiger partial charge in [-0.25, -0.2) is 9.97 Å². The predicted molar refractivity (Wildman–Crippen MR) is 126 cm³/mol. The van der Waals surface area contributed by atoms with Gasteiger partial charge >= 0.3 is 0 Å². The van der Waals surface area contributed by atoms with Crippen LogP contribution in [-0.2, 0) is 11.3 Å². The molecule has 31 heavy (non-hydrogen) atoms. The fourth-order valence-corrected chi connectivity index (χ4v) is 4.46. The Labute approximate surface area is 189 Å². The highest BCUT2D eigenvalue weighted by atomic mass is 35.5. The molecule has 0 aliphatic rings. The van der Waals surface area contributed by atoms with Crippen molar-refractivity contribution in [1.29, 1.82) is 0 Å². The summed E-state index contributed by atoms with van der Waals surface area (Å²) in [6.45, 7) is 1.26. The van der Waals surface area contributed by atoms with Crippen molar-refractivity contribution in [2.45, 2.75) is 13.0 Å². The average molecular weight is 453 g/mol. The van der Waals surface area contributed by atoms with Gasteiger partial charge in [-0.2, -0.15) is 0 Å². The zero-order chi connectivity index (χ0) is 21.6. The van der Waals surface area contributed by atoms with Crippen molar-refractivity contribution in [3.05, 3.63) is 77.8 Å². The van der Waals surface area contributed by atoms with Crippen molar-refractivity contribution in [2.24, 2.45) is 0 Å². The van der Waals surface area contributed by atoms with Gasteiger partial charge in [0.2, 0.25) is 0 Å². The summed E-state index contributed by atoms with van der Waals surface area (Å²) in [5.74, 6) is 0.496. The van der Waals surface area contributed by atoms with Crippen LogP contribution in [-0.4, -0.2) is 34.1 Å². The Morgan fingerprint density at radius 3 is 2.84 bits per heavy atom. The SMILES string of the molecule is COc1ccc(Cl)c2sc(N(CCCn3ccnc3)C(=O)/C=C/c3ccccc3)nc12. The zero-order valence-electron chi connectivity index (χ0n) is 16.9. The van der Waals surface area contributed by atoms with Crippen LogP contribution in [0.3, 0.4) is 0 Å². The number of carbonyl (C=O) groups excluding carboxylic acids is 1. The van der Waals surface area contributed by atoms with E-state index in [1.165, 1.54) is 11.3 Å². The fourth-order valence-electron chi connectivity index (χ4n) is 3.17. The first-order valence-electron chi connectivity index (χ1n) is 9.79. The number of aromatic nitrogens is 3. The number of thiazole rings is 1. The maximum absolute atomic E-state index is 13.1. The molecule has 0 saturated carbocycles. The van der Waals surface area contributed by atoms with E-state index in [1.807, 2.05) is 47.2 Å². The third-order valence-corrected chi connectivity index (χ3v) is 6.28. The minimum Gasteiger partial charge on any atom is -0.494 e. The van der Waals surface area contributed by atoms with Crippen LogP contribution in [0.25, 0.3) is 16.3 Å². The predicted octanol–water partition coefficient (Wildman–Crippen LogP) is 5.29. The Bertz CT molecular complexity index is 1190. The van der Waals surface area contributed by atoms with E-state index >= 15 is 0 Å². The first-order valence-corrected chi connectivity index (χ1v) is 11.0. The molecular formula is C23H21ClN4O2S. The molecule has 8 heteroatoms. The van der Waals surface area contributed by atoms with E-state index in [1.54, 1.807) is 42.7 Å². The van der Waals surface area contributed by atoms with Gasteiger partial charge in [0.25, 0.3) is 5.91 Å². The summed E-state index contributed by atoms with van der Waals surface area (Å²) < 4.78 is 8.22. The Hall–Kier alpha value is -3.16. The van der Waals surface area contributed by atoms with E-state index < -0.39 is 0 Å². The maximum Gasteiger partial charge on any atom is 0.252 e. The third-order valence-electron chi connectivity index (χ3n) is 4.74. The molecule has 4 rings (SSSR count). The summed E-state index contributed by atoms with van der Waals surface area (Å²) in [6.07, 6.45) is 9.56. The summed E-state index contributed by atoms with van der Waals surface area (Å²) >= 11 is 7.77. The molecule has 0 aliphatic heterocycles. The molecule has 0 atom stereocenters. The van der Waals surface area contributed by atoms with Crippen LogP contribution in [0.5, 0.6) is 5.75 Å². The highest BCUT2D eigenvalue weighted by molar-refractivity contribution is 7.23. The highest BCUT2D eigenvalue weighted by Crippen LogP contribution is 2.38. The zero-order valence-corrected chi connectivity index (χ0v) is 18.5. The molecule has 0 unspecified atom stereocenters. The number of amides is 1. The topological polar surface area (TPSA) is 60.2 Å². The van der Waals surface area contributed by atoms with E-state index in [2.05, 4.69) is 4.98 Å². The summed E-state index contributed by atoms with van der Waals surface area (Å²) in [6, 6.07) is 13.3. The molecule has 0 N–H and O–H groups in total. The highest BCUT2D eigenvalue weighted by Gasteiger charge is 2.20. The third kappa shape index (κ3) is 4.95. The second kappa shape index (κ2) is 9.76. The van der Waals surface area contributed by atoms with Gasteiger partial charge in [0.05, 0.1) is 23.2 Å². The van der Waals surface area contributed by atoms with E-state index in [-0.39, 0.29) is 5.91 Å². The fraction of sp³-hybridized carbons (Fsp3) is 0.174. The monoisotopic (exact) mass is 452 g/mol. The Kier molecular flexibility index (Phi) is 6.64. The number of benzene rings is 2. The van der Waals surface area contributed by atoms with E-state index in [9.17, 15) is 4.79 Å². The summed E-state index contributed by atoms with van der Waals surface area (Å²) in [5.41, 5.74) is 1.62. The van der Waals surface area contributed by atoms with Gasteiger partial charge in [0, 0.05) is 31.6 Å². The van der Waals surface area contributed by atoms with Gasteiger partial charge < -0.3 is 9.30 Å². The first-order chi connectivity index (χ1) is 15.2. The van der Waals surface area contributed by atoms with Crippen LogP contribution in [0, 0.1) is 0 Å². The molecule has 2 heterocycles. The molecule has 0 spiro atoms. The van der Waals surface area contributed by atoms with Crippen LogP contribution in [0.15, 0.2) is 67.3 Å². The van der Waals surface area contributed by atoms with Gasteiger partial charge in [0.1, 0.15) is 11.3 Å².